The molecule has 0 aliphatic heterocycles. The molecule has 18 heavy (non-hydrogen) atoms. The Kier molecular flexibility index (Phi) is 10.0. The van der Waals surface area contributed by atoms with Gasteiger partial charge in [-0.05, 0) is 32.9 Å². The minimum Gasteiger partial charge on any atom is -0.354 e. The normalized spacial score (nSPS) is 10.2. The van der Waals surface area contributed by atoms with Crippen LogP contribution in [0.15, 0.2) is 12.8 Å². The number of nitrogens with one attached hydrogen (secondary N) is 2. The fraction of sp³-hybridized carbons (Fsp3) is 0.714. The monoisotopic (exact) mass is 254 g/mol. The molecule has 0 bridgehead atoms. The first-order chi connectivity index (χ1) is 8.56. The van der Waals surface area contributed by atoms with Gasteiger partial charge in [0.1, 0.15) is 0 Å². The summed E-state index contributed by atoms with van der Waals surface area (Å²) in [4.78, 5) is 22.4. The Balaban J connectivity index is 3.28. The van der Waals surface area contributed by atoms with Crippen LogP contribution < -0.4 is 10.6 Å². The van der Waals surface area contributed by atoms with E-state index in [2.05, 4.69) is 17.2 Å². The molecule has 104 valence electrons. The summed E-state index contributed by atoms with van der Waals surface area (Å²) in [5.41, 5.74) is 0. The summed E-state index contributed by atoms with van der Waals surface area (Å²) < 4.78 is 0. The minimum atomic E-state index is 0.0290. The Morgan fingerprint density at radius 2 is 1.50 bits per heavy atom. The summed E-state index contributed by atoms with van der Waals surface area (Å²) in [5, 5.41) is 5.43. The second kappa shape index (κ2) is 10.8. The standard InChI is InChI=1S/C14H26N2O2/c1-4-15-13(17)10-8-6-5-7-9-11-14(18)16-12(2)3/h4,12H,1,5-11H2,2-3H3,(H,15,17)(H,16,18). The van der Waals surface area contributed by atoms with E-state index in [4.69, 9.17) is 0 Å². The van der Waals surface area contributed by atoms with Gasteiger partial charge < -0.3 is 10.6 Å². The fourth-order valence-corrected chi connectivity index (χ4v) is 1.68. The Labute approximate surface area is 110 Å². The highest BCUT2D eigenvalue weighted by molar-refractivity contribution is 5.76. The van der Waals surface area contributed by atoms with Crippen molar-refractivity contribution < 1.29 is 9.59 Å². The third kappa shape index (κ3) is 11.2. The van der Waals surface area contributed by atoms with Crippen molar-refractivity contribution in [1.29, 1.82) is 0 Å². The largest absolute Gasteiger partial charge is 0.354 e. The molecule has 0 saturated carbocycles. The highest BCUT2D eigenvalue weighted by atomic mass is 16.2. The Morgan fingerprint density at radius 1 is 1.00 bits per heavy atom. The number of carbonyl (C=O) groups excluding carboxylic acids is 2. The van der Waals surface area contributed by atoms with Crippen LogP contribution >= 0.6 is 0 Å². The number of unbranched alkanes of at least 4 members (excludes halogenated alkanes) is 4. The zero-order valence-corrected chi connectivity index (χ0v) is 11.6. The van der Waals surface area contributed by atoms with Gasteiger partial charge in [0.15, 0.2) is 0 Å². The van der Waals surface area contributed by atoms with Gasteiger partial charge in [-0.3, -0.25) is 9.59 Å². The first-order valence-electron chi connectivity index (χ1n) is 6.76. The number of rotatable bonds is 10. The smallest absolute Gasteiger partial charge is 0.223 e. The number of hydrogen-bond acceptors (Lipinski definition) is 2. The average Bonchev–Trinajstić information content (AvgIpc) is 2.27. The van der Waals surface area contributed by atoms with Gasteiger partial charge in [-0.1, -0.05) is 25.8 Å². The topological polar surface area (TPSA) is 58.2 Å². The van der Waals surface area contributed by atoms with E-state index in [0.717, 1.165) is 32.1 Å². The van der Waals surface area contributed by atoms with E-state index in [1.165, 1.54) is 6.20 Å². The fourth-order valence-electron chi connectivity index (χ4n) is 1.68. The Morgan fingerprint density at radius 3 is 2.00 bits per heavy atom. The van der Waals surface area contributed by atoms with Crippen molar-refractivity contribution in [2.45, 2.75) is 64.8 Å². The molecule has 4 heteroatoms. The van der Waals surface area contributed by atoms with E-state index in [1.807, 2.05) is 13.8 Å². The Hall–Kier alpha value is -1.32. The molecule has 0 radical (unpaired) electrons. The van der Waals surface area contributed by atoms with Crippen molar-refractivity contribution >= 4 is 11.8 Å². The molecule has 0 aromatic carbocycles. The molecule has 0 fully saturated rings. The van der Waals surface area contributed by atoms with Gasteiger partial charge in [-0.25, -0.2) is 0 Å². The van der Waals surface area contributed by atoms with Crippen molar-refractivity contribution in [3.05, 3.63) is 12.8 Å². The summed E-state index contributed by atoms with van der Waals surface area (Å²) >= 11 is 0. The number of hydrogen-bond donors (Lipinski definition) is 2. The second-order valence-corrected chi connectivity index (χ2v) is 4.76. The van der Waals surface area contributed by atoms with Crippen molar-refractivity contribution in [2.24, 2.45) is 0 Å². The van der Waals surface area contributed by atoms with Crippen LogP contribution in [0.25, 0.3) is 0 Å². The minimum absolute atomic E-state index is 0.0290. The number of amides is 2. The molecule has 0 rings (SSSR count). The lowest BCUT2D eigenvalue weighted by Gasteiger charge is -2.07. The van der Waals surface area contributed by atoms with Crippen LogP contribution in [-0.2, 0) is 9.59 Å². The molecule has 0 unspecified atom stereocenters. The van der Waals surface area contributed by atoms with Gasteiger partial charge in [0.05, 0.1) is 0 Å². The highest BCUT2D eigenvalue weighted by Gasteiger charge is 2.02. The molecule has 4 nitrogen and oxygen atoms in total. The van der Waals surface area contributed by atoms with Crippen LogP contribution in [0.1, 0.15) is 58.8 Å². The molecule has 0 aliphatic rings. The van der Waals surface area contributed by atoms with Crippen molar-refractivity contribution in [2.75, 3.05) is 0 Å². The zero-order valence-electron chi connectivity index (χ0n) is 11.6. The van der Waals surface area contributed by atoms with Gasteiger partial charge in [0.25, 0.3) is 0 Å². The highest BCUT2D eigenvalue weighted by Crippen LogP contribution is 2.07. The molecule has 0 aromatic rings. The molecule has 0 atom stereocenters. The van der Waals surface area contributed by atoms with Gasteiger partial charge >= 0.3 is 0 Å². The Bertz CT molecular complexity index is 263. The average molecular weight is 254 g/mol. The van der Waals surface area contributed by atoms with Crippen LogP contribution in [0.3, 0.4) is 0 Å². The van der Waals surface area contributed by atoms with Crippen LogP contribution in [0.4, 0.5) is 0 Å². The van der Waals surface area contributed by atoms with E-state index >= 15 is 0 Å². The molecule has 0 heterocycles. The zero-order chi connectivity index (χ0) is 13.8. The van der Waals surface area contributed by atoms with Crippen LogP contribution in [-0.4, -0.2) is 17.9 Å². The summed E-state index contributed by atoms with van der Waals surface area (Å²) in [6.07, 6.45) is 7.57. The first-order valence-corrected chi connectivity index (χ1v) is 6.76. The van der Waals surface area contributed by atoms with Crippen molar-refractivity contribution in [3.63, 3.8) is 0 Å². The summed E-state index contributed by atoms with van der Waals surface area (Å²) in [5.74, 6) is 0.164. The molecule has 2 N–H and O–H groups in total. The summed E-state index contributed by atoms with van der Waals surface area (Å²) in [6.45, 7) is 7.37. The van der Waals surface area contributed by atoms with Gasteiger partial charge in [0, 0.05) is 18.9 Å². The van der Waals surface area contributed by atoms with E-state index < -0.39 is 0 Å². The molecular formula is C14H26N2O2. The molecule has 0 aliphatic carbocycles. The predicted octanol–water partition coefficient (Wildman–Crippen LogP) is 2.50. The van der Waals surface area contributed by atoms with E-state index in [1.54, 1.807) is 0 Å². The quantitative estimate of drug-likeness (QED) is 0.588. The molecule has 0 spiro atoms. The lowest BCUT2D eigenvalue weighted by atomic mass is 10.1. The molecule has 2 amide bonds. The second-order valence-electron chi connectivity index (χ2n) is 4.76. The van der Waals surface area contributed by atoms with Gasteiger partial charge in [-0.2, -0.15) is 0 Å². The van der Waals surface area contributed by atoms with Crippen LogP contribution in [0.2, 0.25) is 0 Å². The SMILES string of the molecule is C=CNC(=O)CCCCCCCC(=O)NC(C)C. The summed E-state index contributed by atoms with van der Waals surface area (Å²) in [7, 11) is 0. The van der Waals surface area contributed by atoms with Crippen LogP contribution in [0, 0.1) is 0 Å². The van der Waals surface area contributed by atoms with Gasteiger partial charge in [0.2, 0.25) is 11.8 Å². The summed E-state index contributed by atoms with van der Waals surface area (Å²) in [6, 6.07) is 0.223. The van der Waals surface area contributed by atoms with Crippen molar-refractivity contribution in [1.82, 2.24) is 10.6 Å². The van der Waals surface area contributed by atoms with E-state index in [9.17, 15) is 9.59 Å². The van der Waals surface area contributed by atoms with Crippen LogP contribution in [0.5, 0.6) is 0 Å². The molecule has 0 aromatic heterocycles. The predicted molar refractivity (Wildman–Crippen MR) is 73.9 cm³/mol. The third-order valence-electron chi connectivity index (χ3n) is 2.52. The first kappa shape index (κ1) is 16.7. The maximum Gasteiger partial charge on any atom is 0.223 e. The molecule has 0 saturated heterocycles. The molecular weight excluding hydrogens is 228 g/mol. The lowest BCUT2D eigenvalue weighted by molar-refractivity contribution is -0.122. The van der Waals surface area contributed by atoms with Gasteiger partial charge in [-0.15, -0.1) is 0 Å². The maximum absolute atomic E-state index is 11.3. The van der Waals surface area contributed by atoms with Crippen molar-refractivity contribution in [3.8, 4) is 0 Å². The lowest BCUT2D eigenvalue weighted by Crippen LogP contribution is -2.29. The number of carbonyl (C=O) groups is 2. The van der Waals surface area contributed by atoms with E-state index in [-0.39, 0.29) is 17.9 Å². The third-order valence-corrected chi connectivity index (χ3v) is 2.52. The van der Waals surface area contributed by atoms with E-state index in [0.29, 0.717) is 12.8 Å². The maximum atomic E-state index is 11.3.